The number of rotatable bonds is 9. The summed E-state index contributed by atoms with van der Waals surface area (Å²) in [6.45, 7) is 8.53. The van der Waals surface area contributed by atoms with E-state index in [1.165, 1.54) is 5.56 Å². The summed E-state index contributed by atoms with van der Waals surface area (Å²) in [5, 5.41) is 3.43. The number of hydrogen-bond donors (Lipinski definition) is 1. The van der Waals surface area contributed by atoms with E-state index < -0.39 is 0 Å². The lowest BCUT2D eigenvalue weighted by atomic mass is 10.1. The van der Waals surface area contributed by atoms with Crippen molar-refractivity contribution < 1.29 is 9.47 Å². The van der Waals surface area contributed by atoms with Crippen LogP contribution in [0.1, 0.15) is 18.5 Å². The first-order valence-corrected chi connectivity index (χ1v) is 6.23. The first-order chi connectivity index (χ1) is 8.74. The van der Waals surface area contributed by atoms with Crippen LogP contribution in [0.5, 0.6) is 0 Å². The molecule has 0 heterocycles. The van der Waals surface area contributed by atoms with Crippen molar-refractivity contribution in [3.63, 3.8) is 0 Å². The van der Waals surface area contributed by atoms with Gasteiger partial charge in [0.25, 0.3) is 0 Å². The molecule has 0 aliphatic carbocycles. The molecule has 0 saturated carbocycles. The second-order valence-electron chi connectivity index (χ2n) is 4.38. The molecule has 0 radical (unpaired) electrons. The highest BCUT2D eigenvalue weighted by atomic mass is 16.5. The number of benzene rings is 1. The third-order valence-corrected chi connectivity index (χ3v) is 2.52. The van der Waals surface area contributed by atoms with Gasteiger partial charge in [-0.25, -0.2) is 0 Å². The highest BCUT2D eigenvalue weighted by Gasteiger charge is 2.09. The highest BCUT2D eigenvalue weighted by Crippen LogP contribution is 2.12. The predicted molar refractivity (Wildman–Crippen MR) is 74.7 cm³/mol. The van der Waals surface area contributed by atoms with E-state index in [9.17, 15) is 0 Å². The predicted octanol–water partition coefficient (Wildman–Crippen LogP) is 2.56. The van der Waals surface area contributed by atoms with E-state index >= 15 is 0 Å². The molecule has 0 aliphatic heterocycles. The third kappa shape index (κ3) is 5.96. The van der Waals surface area contributed by atoms with Crippen LogP contribution in [-0.2, 0) is 9.47 Å². The Morgan fingerprint density at radius 2 is 2.06 bits per heavy atom. The van der Waals surface area contributed by atoms with E-state index in [0.29, 0.717) is 19.8 Å². The fraction of sp³-hybridized carbons (Fsp3) is 0.467. The Hall–Kier alpha value is -1.16. The lowest BCUT2D eigenvalue weighted by Crippen LogP contribution is -2.28. The van der Waals surface area contributed by atoms with Gasteiger partial charge in [-0.05, 0) is 12.5 Å². The molecule has 1 atom stereocenters. The number of ether oxygens (including phenoxy) is 2. The van der Waals surface area contributed by atoms with Crippen LogP contribution in [0.15, 0.2) is 42.5 Å². The maximum absolute atomic E-state index is 5.46. The average molecular weight is 249 g/mol. The molecule has 3 nitrogen and oxygen atoms in total. The van der Waals surface area contributed by atoms with Gasteiger partial charge in [-0.3, -0.25) is 0 Å². The van der Waals surface area contributed by atoms with Crippen molar-refractivity contribution in [3.8, 4) is 0 Å². The van der Waals surface area contributed by atoms with Gasteiger partial charge in [0.1, 0.15) is 0 Å². The van der Waals surface area contributed by atoms with Crippen LogP contribution in [-0.4, -0.2) is 33.5 Å². The van der Waals surface area contributed by atoms with Gasteiger partial charge in [-0.1, -0.05) is 42.5 Å². The molecule has 100 valence electrons. The van der Waals surface area contributed by atoms with Crippen LogP contribution in [0.25, 0.3) is 0 Å². The number of methoxy groups -OCH3 is 1. The van der Waals surface area contributed by atoms with Gasteiger partial charge in [0.15, 0.2) is 0 Å². The molecule has 1 aromatic carbocycles. The molecule has 1 aromatic rings. The van der Waals surface area contributed by atoms with Crippen molar-refractivity contribution in [2.24, 2.45) is 0 Å². The van der Waals surface area contributed by atoms with Crippen LogP contribution in [0, 0.1) is 0 Å². The zero-order valence-corrected chi connectivity index (χ0v) is 11.3. The van der Waals surface area contributed by atoms with Crippen LogP contribution < -0.4 is 5.32 Å². The molecule has 0 aromatic heterocycles. The quantitative estimate of drug-likeness (QED) is 0.539. The minimum atomic E-state index is 0.213. The van der Waals surface area contributed by atoms with Crippen molar-refractivity contribution in [1.29, 1.82) is 0 Å². The Morgan fingerprint density at radius 3 is 2.67 bits per heavy atom. The summed E-state index contributed by atoms with van der Waals surface area (Å²) in [5.74, 6) is 0. The molecule has 0 saturated heterocycles. The molecule has 1 rings (SSSR count). The van der Waals surface area contributed by atoms with E-state index in [-0.39, 0.29) is 6.04 Å². The fourth-order valence-electron chi connectivity index (χ4n) is 1.68. The molecular formula is C15H23NO2. The molecule has 0 spiro atoms. The number of nitrogens with one attached hydrogen (secondary N) is 1. The molecule has 0 amide bonds. The molecule has 1 N–H and O–H groups in total. The molecule has 0 fully saturated rings. The van der Waals surface area contributed by atoms with Gasteiger partial charge in [0.05, 0.1) is 25.9 Å². The summed E-state index contributed by atoms with van der Waals surface area (Å²) in [6, 6.07) is 10.5. The van der Waals surface area contributed by atoms with E-state index in [4.69, 9.17) is 9.47 Å². The van der Waals surface area contributed by atoms with E-state index in [0.717, 1.165) is 12.1 Å². The zero-order valence-electron chi connectivity index (χ0n) is 11.3. The van der Waals surface area contributed by atoms with Crippen molar-refractivity contribution in [3.05, 3.63) is 48.0 Å². The van der Waals surface area contributed by atoms with Gasteiger partial charge in [0, 0.05) is 13.7 Å². The van der Waals surface area contributed by atoms with Crippen LogP contribution in [0.4, 0.5) is 0 Å². The van der Waals surface area contributed by atoms with E-state index in [1.54, 1.807) is 7.11 Å². The normalized spacial score (nSPS) is 12.3. The monoisotopic (exact) mass is 249 g/mol. The molecule has 3 heteroatoms. The summed E-state index contributed by atoms with van der Waals surface area (Å²) >= 11 is 0. The summed E-state index contributed by atoms with van der Waals surface area (Å²) < 4.78 is 10.7. The van der Waals surface area contributed by atoms with Gasteiger partial charge >= 0.3 is 0 Å². The molecule has 18 heavy (non-hydrogen) atoms. The van der Waals surface area contributed by atoms with Crippen molar-refractivity contribution in [1.82, 2.24) is 5.32 Å². The number of hydrogen-bond acceptors (Lipinski definition) is 3. The SMILES string of the molecule is C=C(C)COCCNC(COC)c1ccccc1. The smallest absolute Gasteiger partial charge is 0.0672 e. The van der Waals surface area contributed by atoms with Crippen molar-refractivity contribution in [2.45, 2.75) is 13.0 Å². The van der Waals surface area contributed by atoms with Crippen LogP contribution >= 0.6 is 0 Å². The van der Waals surface area contributed by atoms with Crippen molar-refractivity contribution >= 4 is 0 Å². The molecule has 0 aliphatic rings. The van der Waals surface area contributed by atoms with E-state index in [1.807, 2.05) is 25.1 Å². The minimum absolute atomic E-state index is 0.213. The minimum Gasteiger partial charge on any atom is -0.383 e. The first kappa shape index (κ1) is 14.9. The standard InChI is InChI=1S/C15H23NO2/c1-13(2)11-18-10-9-16-15(12-17-3)14-7-5-4-6-8-14/h4-8,15-16H,1,9-12H2,2-3H3. The van der Waals surface area contributed by atoms with Gasteiger partial charge in [-0.15, -0.1) is 0 Å². The zero-order chi connectivity index (χ0) is 13.2. The second kappa shape index (κ2) is 8.86. The van der Waals surface area contributed by atoms with Crippen molar-refractivity contribution in [2.75, 3.05) is 33.5 Å². The van der Waals surface area contributed by atoms with Gasteiger partial charge in [0.2, 0.25) is 0 Å². The maximum Gasteiger partial charge on any atom is 0.0672 e. The fourth-order valence-corrected chi connectivity index (χ4v) is 1.68. The second-order valence-corrected chi connectivity index (χ2v) is 4.38. The average Bonchev–Trinajstić information content (AvgIpc) is 2.38. The lowest BCUT2D eigenvalue weighted by Gasteiger charge is -2.18. The van der Waals surface area contributed by atoms with Gasteiger partial charge in [-0.2, -0.15) is 0 Å². The summed E-state index contributed by atoms with van der Waals surface area (Å²) in [4.78, 5) is 0. The largest absolute Gasteiger partial charge is 0.383 e. The Morgan fingerprint density at radius 1 is 1.33 bits per heavy atom. The van der Waals surface area contributed by atoms with Crippen LogP contribution in [0.2, 0.25) is 0 Å². The summed E-state index contributed by atoms with van der Waals surface area (Å²) in [5.41, 5.74) is 2.28. The molecule has 1 unspecified atom stereocenters. The Labute approximate surface area is 110 Å². The summed E-state index contributed by atoms with van der Waals surface area (Å²) in [6.07, 6.45) is 0. The van der Waals surface area contributed by atoms with Gasteiger partial charge < -0.3 is 14.8 Å². The first-order valence-electron chi connectivity index (χ1n) is 6.23. The Bertz CT molecular complexity index is 338. The lowest BCUT2D eigenvalue weighted by molar-refractivity contribution is 0.138. The maximum atomic E-state index is 5.46. The van der Waals surface area contributed by atoms with Crippen LogP contribution in [0.3, 0.4) is 0 Å². The third-order valence-electron chi connectivity index (χ3n) is 2.52. The van der Waals surface area contributed by atoms with E-state index in [2.05, 4.69) is 24.0 Å². The molecule has 0 bridgehead atoms. The summed E-state index contributed by atoms with van der Waals surface area (Å²) in [7, 11) is 1.72. The topological polar surface area (TPSA) is 30.5 Å². The Kier molecular flexibility index (Phi) is 7.34. The highest BCUT2D eigenvalue weighted by molar-refractivity contribution is 5.18. The molecular weight excluding hydrogens is 226 g/mol. The Balaban J connectivity index is 2.33.